The predicted molar refractivity (Wildman–Crippen MR) is 62.9 cm³/mol. The summed E-state index contributed by atoms with van der Waals surface area (Å²) in [5, 5.41) is 19.7. The molecule has 0 aliphatic carbocycles. The highest BCUT2D eigenvalue weighted by Gasteiger charge is 2.27. The molecular formula is C10H11N5O3. The first-order valence-corrected chi connectivity index (χ1v) is 5.29. The van der Waals surface area contributed by atoms with E-state index in [1.165, 1.54) is 12.1 Å². The van der Waals surface area contributed by atoms with Gasteiger partial charge in [-0.25, -0.2) is 4.98 Å². The van der Waals surface area contributed by atoms with E-state index in [1.54, 1.807) is 4.90 Å². The smallest absolute Gasteiger partial charge is 0.311 e. The van der Waals surface area contributed by atoms with E-state index in [9.17, 15) is 10.1 Å². The summed E-state index contributed by atoms with van der Waals surface area (Å²) in [7, 11) is 0. The molecule has 8 nitrogen and oxygen atoms in total. The lowest BCUT2D eigenvalue weighted by Crippen LogP contribution is -2.42. The van der Waals surface area contributed by atoms with E-state index in [2.05, 4.69) is 4.98 Å². The molecule has 1 atom stereocenters. The molecule has 1 unspecified atom stereocenters. The molecule has 0 saturated carbocycles. The van der Waals surface area contributed by atoms with Gasteiger partial charge >= 0.3 is 5.69 Å². The van der Waals surface area contributed by atoms with Crippen molar-refractivity contribution in [1.82, 2.24) is 4.98 Å². The van der Waals surface area contributed by atoms with E-state index in [0.717, 1.165) is 0 Å². The minimum Gasteiger partial charge on any atom is -0.384 e. The normalized spacial score (nSPS) is 19.3. The second-order valence-corrected chi connectivity index (χ2v) is 3.77. The zero-order valence-corrected chi connectivity index (χ0v) is 9.44. The maximum atomic E-state index is 10.9. The first kappa shape index (κ1) is 12.1. The summed E-state index contributed by atoms with van der Waals surface area (Å²) in [6.07, 6.45) is -0.610. The molecule has 1 aliphatic heterocycles. The van der Waals surface area contributed by atoms with E-state index >= 15 is 0 Å². The summed E-state index contributed by atoms with van der Waals surface area (Å²) in [6, 6.07) is 4.67. The summed E-state index contributed by atoms with van der Waals surface area (Å²) in [5.74, 6) is 0.388. The van der Waals surface area contributed by atoms with Gasteiger partial charge in [-0.15, -0.1) is 0 Å². The fraction of sp³-hybridized carbons (Fsp3) is 0.400. The zero-order valence-electron chi connectivity index (χ0n) is 9.44. The molecule has 1 fully saturated rings. The van der Waals surface area contributed by atoms with Crippen LogP contribution >= 0.6 is 0 Å². The number of rotatable bonds is 2. The minimum absolute atomic E-state index is 0.122. The molecule has 1 aromatic heterocycles. The number of morpholine rings is 1. The highest BCUT2D eigenvalue weighted by atomic mass is 16.6. The van der Waals surface area contributed by atoms with Gasteiger partial charge < -0.3 is 15.4 Å². The summed E-state index contributed by atoms with van der Waals surface area (Å²) in [6.45, 7) is 1.01. The van der Waals surface area contributed by atoms with Gasteiger partial charge in [-0.1, -0.05) is 0 Å². The van der Waals surface area contributed by atoms with Gasteiger partial charge in [0.05, 0.1) is 24.1 Å². The van der Waals surface area contributed by atoms with Crippen LogP contribution in [-0.2, 0) is 4.74 Å². The molecule has 0 aromatic carbocycles. The third-order valence-electron chi connectivity index (χ3n) is 2.58. The summed E-state index contributed by atoms with van der Waals surface area (Å²) < 4.78 is 5.18. The fourth-order valence-electron chi connectivity index (χ4n) is 1.75. The van der Waals surface area contributed by atoms with Gasteiger partial charge in [-0.05, 0) is 6.07 Å². The van der Waals surface area contributed by atoms with Crippen molar-refractivity contribution in [2.24, 2.45) is 0 Å². The Morgan fingerprint density at radius 3 is 3.11 bits per heavy atom. The SMILES string of the molecule is N#CC1CN(c2nc(N)ccc2[N+](=O)[O-])CCO1. The standard InChI is InChI=1S/C10H11N5O3/c11-5-7-6-14(3-4-18-7)10-8(15(16)17)1-2-9(12)13-10/h1-2,7H,3-4,6H2,(H2,12,13). The van der Waals surface area contributed by atoms with E-state index in [-0.39, 0.29) is 23.9 Å². The Hall–Kier alpha value is -2.40. The maximum absolute atomic E-state index is 10.9. The monoisotopic (exact) mass is 249 g/mol. The fourth-order valence-corrected chi connectivity index (χ4v) is 1.75. The first-order valence-electron chi connectivity index (χ1n) is 5.29. The third kappa shape index (κ3) is 2.31. The number of anilines is 2. The van der Waals surface area contributed by atoms with E-state index in [1.807, 2.05) is 6.07 Å². The van der Waals surface area contributed by atoms with Crippen LogP contribution in [0.3, 0.4) is 0 Å². The van der Waals surface area contributed by atoms with E-state index < -0.39 is 11.0 Å². The molecule has 2 N–H and O–H groups in total. The molecule has 0 spiro atoms. The predicted octanol–water partition coefficient (Wildman–Crippen LogP) is 0.301. The number of hydrogen-bond acceptors (Lipinski definition) is 7. The van der Waals surface area contributed by atoms with Gasteiger partial charge in [0.15, 0.2) is 6.10 Å². The van der Waals surface area contributed by atoms with Crippen LogP contribution < -0.4 is 10.6 Å². The van der Waals surface area contributed by atoms with Crippen LogP contribution in [0, 0.1) is 21.4 Å². The summed E-state index contributed by atoms with van der Waals surface area (Å²) >= 11 is 0. The highest BCUT2D eigenvalue weighted by molar-refractivity contribution is 5.61. The topological polar surface area (TPSA) is 118 Å². The molecule has 2 heterocycles. The Balaban J connectivity index is 2.34. The van der Waals surface area contributed by atoms with Gasteiger partial charge in [-0.3, -0.25) is 10.1 Å². The van der Waals surface area contributed by atoms with E-state index in [4.69, 9.17) is 15.7 Å². The van der Waals surface area contributed by atoms with Gasteiger partial charge in [0.2, 0.25) is 5.82 Å². The second-order valence-electron chi connectivity index (χ2n) is 3.77. The average Bonchev–Trinajstić information content (AvgIpc) is 2.38. The number of nitrogen functional groups attached to an aromatic ring is 1. The van der Waals surface area contributed by atoms with Crippen LogP contribution in [0.4, 0.5) is 17.3 Å². The van der Waals surface area contributed by atoms with Crippen molar-refractivity contribution in [2.45, 2.75) is 6.10 Å². The molecule has 1 aromatic rings. The molecule has 2 rings (SSSR count). The number of nitrogens with two attached hydrogens (primary N) is 1. The Bertz CT molecular complexity index is 513. The zero-order chi connectivity index (χ0) is 13.1. The molecule has 8 heteroatoms. The molecule has 94 valence electrons. The molecule has 1 saturated heterocycles. The number of nitro groups is 1. The Labute approximate surface area is 103 Å². The maximum Gasteiger partial charge on any atom is 0.311 e. The van der Waals surface area contributed by atoms with Crippen molar-refractivity contribution >= 4 is 17.3 Å². The minimum atomic E-state index is -0.610. The number of nitrogens with zero attached hydrogens (tertiary/aromatic N) is 4. The third-order valence-corrected chi connectivity index (χ3v) is 2.58. The number of hydrogen-bond donors (Lipinski definition) is 1. The lowest BCUT2D eigenvalue weighted by Gasteiger charge is -2.30. The second kappa shape index (κ2) is 4.85. The molecule has 18 heavy (non-hydrogen) atoms. The molecular weight excluding hydrogens is 238 g/mol. The molecule has 0 bridgehead atoms. The Morgan fingerprint density at radius 1 is 1.67 bits per heavy atom. The van der Waals surface area contributed by atoms with Crippen molar-refractivity contribution in [3.05, 3.63) is 22.2 Å². The lowest BCUT2D eigenvalue weighted by atomic mass is 10.2. The Morgan fingerprint density at radius 2 is 2.44 bits per heavy atom. The first-order chi connectivity index (χ1) is 8.61. The van der Waals surface area contributed by atoms with Crippen LogP contribution in [0.5, 0.6) is 0 Å². The van der Waals surface area contributed by atoms with Crippen LogP contribution in [0.2, 0.25) is 0 Å². The number of pyridine rings is 1. The van der Waals surface area contributed by atoms with Crippen LogP contribution in [0.15, 0.2) is 12.1 Å². The Kier molecular flexibility index (Phi) is 3.25. The molecule has 0 amide bonds. The highest BCUT2D eigenvalue weighted by Crippen LogP contribution is 2.28. The van der Waals surface area contributed by atoms with Gasteiger partial charge in [0.1, 0.15) is 5.82 Å². The quantitative estimate of drug-likeness (QED) is 0.591. The summed E-state index contributed by atoms with van der Waals surface area (Å²) in [5.41, 5.74) is 5.42. The van der Waals surface area contributed by atoms with Gasteiger partial charge in [-0.2, -0.15) is 5.26 Å². The largest absolute Gasteiger partial charge is 0.384 e. The lowest BCUT2D eigenvalue weighted by molar-refractivity contribution is -0.384. The van der Waals surface area contributed by atoms with Gasteiger partial charge in [0, 0.05) is 12.6 Å². The van der Waals surface area contributed by atoms with Crippen molar-refractivity contribution in [3.63, 3.8) is 0 Å². The number of ether oxygens (including phenoxy) is 1. The van der Waals surface area contributed by atoms with Crippen molar-refractivity contribution in [2.75, 3.05) is 30.3 Å². The number of aromatic nitrogens is 1. The van der Waals surface area contributed by atoms with Gasteiger partial charge in [0.25, 0.3) is 0 Å². The van der Waals surface area contributed by atoms with Crippen molar-refractivity contribution < 1.29 is 9.66 Å². The van der Waals surface area contributed by atoms with Crippen LogP contribution in [-0.4, -0.2) is 35.7 Å². The van der Waals surface area contributed by atoms with Crippen molar-refractivity contribution in [1.29, 1.82) is 5.26 Å². The molecule has 0 radical (unpaired) electrons. The summed E-state index contributed by atoms with van der Waals surface area (Å²) in [4.78, 5) is 16.0. The van der Waals surface area contributed by atoms with E-state index in [0.29, 0.717) is 13.2 Å². The molecule has 1 aliphatic rings. The average molecular weight is 249 g/mol. The van der Waals surface area contributed by atoms with Crippen LogP contribution in [0.25, 0.3) is 0 Å². The number of nitriles is 1. The van der Waals surface area contributed by atoms with Crippen molar-refractivity contribution in [3.8, 4) is 6.07 Å². The van der Waals surface area contributed by atoms with Crippen LogP contribution in [0.1, 0.15) is 0 Å².